The van der Waals surface area contributed by atoms with Gasteiger partial charge in [0.15, 0.2) is 147 Å². The molecule has 5 heterocycles. The molecule has 0 amide bonds. The van der Waals surface area contributed by atoms with E-state index in [0.717, 1.165) is 0 Å². The van der Waals surface area contributed by atoms with E-state index in [1.807, 2.05) is 0 Å². The Labute approximate surface area is 614 Å². The molecular weight excluding hydrogens is 1520 g/mol. The van der Waals surface area contributed by atoms with E-state index in [9.17, 15) is 161 Å². The second-order valence-electron chi connectivity index (χ2n) is 24.6. The van der Waals surface area contributed by atoms with Crippen LogP contribution in [0.2, 0.25) is 0 Å². The first-order chi connectivity index (χ1) is 52.7. The van der Waals surface area contributed by atoms with Crippen molar-refractivity contribution >= 4 is 47.8 Å². The monoisotopic (exact) mass is 1570 g/mol. The van der Waals surface area contributed by atoms with Gasteiger partial charge < -0.3 is 180 Å². The van der Waals surface area contributed by atoms with Crippen molar-refractivity contribution in [1.82, 2.24) is 0 Å². The standard InChI is InChI=1S/C68H48O44/c69-20-1-12(2-21(70)37(20)77)59(92)102-10-29-54(56-58(67(100)105-29)112-65(98)17-7-26(75)41(81)48(88)34(17)32-15(63(96)110-56)5-24(73)39(79)46(32)86)108-66(99)19-8-27(76)43(83)51(91)52(19)104-28-9-18-36(50(90)44(28)84)35-13(3-22(71)42(82)49(35)89)61(94)107-53-30(11-103-60(18)93)106-68(101)57-55(53)109-62(95)14-4-23(72)38(78)45(85)31(14)33-16(64(97)111-57)6-25(74)40(80)47(33)87/h1-9,29-30,53-58,67-91,100-101H,10-11H2/t29-,30+,53-,54-,55+,56+,57+,58+,67+,68+/m0/s1. The minimum Gasteiger partial charge on any atom is -0.504 e. The first-order valence-electron chi connectivity index (χ1n) is 31.2. The van der Waals surface area contributed by atoms with Crippen molar-refractivity contribution in [3.05, 3.63) is 99.1 Å². The van der Waals surface area contributed by atoms with Crippen molar-refractivity contribution in [3.8, 4) is 177 Å². The van der Waals surface area contributed by atoms with Gasteiger partial charge in [-0.2, -0.15) is 0 Å². The maximum Gasteiger partial charge on any atom is 0.342 e. The zero-order chi connectivity index (χ0) is 81.5. The number of aromatic hydroxyl groups is 23. The number of phenolic OH excluding ortho intramolecular Hbond substituents is 23. The first kappa shape index (κ1) is 74.8. The fourth-order valence-corrected chi connectivity index (χ4v) is 12.6. The summed E-state index contributed by atoms with van der Waals surface area (Å²) in [6.07, 6.45) is -25.9. The van der Waals surface area contributed by atoms with Crippen LogP contribution in [-0.2, 0) is 47.4 Å². The van der Waals surface area contributed by atoms with Gasteiger partial charge in [0.1, 0.15) is 31.0 Å². The fourth-order valence-electron chi connectivity index (χ4n) is 12.6. The summed E-state index contributed by atoms with van der Waals surface area (Å²) in [6.45, 7) is -2.88. The molecule has 44 heteroatoms. The van der Waals surface area contributed by atoms with Crippen LogP contribution >= 0.6 is 0 Å². The van der Waals surface area contributed by atoms with Gasteiger partial charge in [-0.1, -0.05) is 0 Å². The fraction of sp³-hybridized carbons (Fsp3) is 0.176. The number of hydrogen-bond acceptors (Lipinski definition) is 44. The third-order valence-corrected chi connectivity index (χ3v) is 18.0. The van der Waals surface area contributed by atoms with Crippen LogP contribution in [0.15, 0.2) is 54.6 Å². The summed E-state index contributed by atoms with van der Waals surface area (Å²) in [5.41, 5.74) is -17.0. The molecule has 2 fully saturated rings. The van der Waals surface area contributed by atoms with Crippen molar-refractivity contribution in [2.45, 2.75) is 61.4 Å². The van der Waals surface area contributed by atoms with Crippen molar-refractivity contribution in [2.75, 3.05) is 13.2 Å². The number of benzene rings is 8. The molecule has 0 bridgehead atoms. The van der Waals surface area contributed by atoms with E-state index in [2.05, 4.69) is 0 Å². The number of phenols is 23. The van der Waals surface area contributed by atoms with Crippen LogP contribution < -0.4 is 4.74 Å². The zero-order valence-corrected chi connectivity index (χ0v) is 54.8. The molecule has 5 aliphatic rings. The Morgan fingerprint density at radius 3 is 1.09 bits per heavy atom. The van der Waals surface area contributed by atoms with Gasteiger partial charge in [-0.3, -0.25) is 0 Å². The molecule has 25 N–H and O–H groups in total. The Bertz CT molecular complexity index is 5480. The normalized spacial score (nSPS) is 21.2. The lowest BCUT2D eigenvalue weighted by molar-refractivity contribution is -0.284. The van der Waals surface area contributed by atoms with Gasteiger partial charge >= 0.3 is 47.8 Å². The Morgan fingerprint density at radius 2 is 0.670 bits per heavy atom. The van der Waals surface area contributed by atoms with Gasteiger partial charge in [0.05, 0.1) is 38.9 Å². The van der Waals surface area contributed by atoms with Gasteiger partial charge in [-0.25, -0.2) is 38.4 Å². The predicted molar refractivity (Wildman–Crippen MR) is 344 cm³/mol. The molecule has 0 radical (unpaired) electrons. The van der Waals surface area contributed by atoms with Crippen LogP contribution in [0.4, 0.5) is 0 Å². The van der Waals surface area contributed by atoms with Crippen molar-refractivity contribution in [1.29, 1.82) is 0 Å². The van der Waals surface area contributed by atoms with Gasteiger partial charge in [-0.05, 0) is 42.5 Å². The lowest BCUT2D eigenvalue weighted by Crippen LogP contribution is -2.62. The van der Waals surface area contributed by atoms with Gasteiger partial charge in [0, 0.05) is 45.5 Å². The van der Waals surface area contributed by atoms with Crippen LogP contribution in [0.25, 0.3) is 33.4 Å². The molecule has 44 nitrogen and oxygen atoms in total. The quantitative estimate of drug-likeness (QED) is 0.0614. The number of cyclic esters (lactones) is 1. The summed E-state index contributed by atoms with van der Waals surface area (Å²) in [7, 11) is 0. The van der Waals surface area contributed by atoms with Gasteiger partial charge in [0.2, 0.25) is 46.0 Å². The molecule has 0 spiro atoms. The Balaban J connectivity index is 0.904. The van der Waals surface area contributed by atoms with Crippen LogP contribution in [0.5, 0.6) is 144 Å². The number of aliphatic hydroxyl groups excluding tert-OH is 2. The summed E-state index contributed by atoms with van der Waals surface area (Å²) in [5.74, 6) is -52.3. The summed E-state index contributed by atoms with van der Waals surface area (Å²) in [6, 6.07) is 3.15. The van der Waals surface area contributed by atoms with Crippen LogP contribution in [0, 0.1) is 0 Å². The molecule has 10 atom stereocenters. The molecule has 0 unspecified atom stereocenters. The topological polar surface area (TPSA) is 744 Å². The Kier molecular flexibility index (Phi) is 18.1. The molecule has 8 aromatic rings. The smallest absolute Gasteiger partial charge is 0.342 e. The van der Waals surface area contributed by atoms with Crippen molar-refractivity contribution in [3.63, 3.8) is 0 Å². The molecule has 13 rings (SSSR count). The summed E-state index contributed by atoms with van der Waals surface area (Å²) < 4.78 is 61.2. The molecule has 2 saturated heterocycles. The number of hydrogen-bond donors (Lipinski definition) is 25. The minimum atomic E-state index is -2.76. The first-order valence-corrected chi connectivity index (χ1v) is 31.2. The molecule has 0 aliphatic carbocycles. The second-order valence-corrected chi connectivity index (χ2v) is 24.6. The van der Waals surface area contributed by atoms with Crippen molar-refractivity contribution < 1.29 is 218 Å². The number of fused-ring (bicyclic) bond motifs is 13. The van der Waals surface area contributed by atoms with Gasteiger partial charge in [-0.15, -0.1) is 0 Å². The van der Waals surface area contributed by atoms with Gasteiger partial charge in [0.25, 0.3) is 0 Å². The average molecular weight is 1570 g/mol. The number of carbonyl (C=O) groups excluding carboxylic acids is 8. The number of ether oxygens (including phenoxy) is 11. The highest BCUT2D eigenvalue weighted by Gasteiger charge is 2.57. The average Bonchev–Trinajstić information content (AvgIpc) is 1.08. The lowest BCUT2D eigenvalue weighted by Gasteiger charge is -2.43. The number of esters is 8. The third-order valence-electron chi connectivity index (χ3n) is 18.0. The van der Waals surface area contributed by atoms with E-state index < -0.39 is 344 Å². The third kappa shape index (κ3) is 12.0. The minimum absolute atomic E-state index is 0.167. The van der Waals surface area contributed by atoms with Crippen LogP contribution in [-0.4, -0.2) is 250 Å². The highest BCUT2D eigenvalue weighted by molar-refractivity contribution is 6.12. The zero-order valence-electron chi connectivity index (χ0n) is 54.8. The Morgan fingerprint density at radius 1 is 0.339 bits per heavy atom. The molecule has 112 heavy (non-hydrogen) atoms. The molecular formula is C68H48O44. The van der Waals surface area contributed by atoms with Crippen LogP contribution in [0.1, 0.15) is 82.9 Å². The largest absolute Gasteiger partial charge is 0.504 e. The van der Waals surface area contributed by atoms with E-state index in [-0.39, 0.29) is 18.2 Å². The van der Waals surface area contributed by atoms with E-state index in [1.54, 1.807) is 0 Å². The SMILES string of the molecule is O=C(OC[C@@H]1O[C@@H](O)[C@@H]2OC(=O)c3cc(O)c(O)c(O)c3-c3c(cc(O)c(O)c3O)C(=O)O[C@@H]2[C@H]1OC(=O)c1cc(O)c(O)c(O)c1Oc1cc2c(c(O)c1O)-c1c(cc(O)c(O)c1O)C(=O)O[C@@H]1[C@H]3OC(=O)c4cc(O)c(O)c(O)c4-c4c(cc(O)c(O)c4O)C(=O)O[C@H]3[C@H](O)O[C@@H]1COC2=O)c1cc(O)c(O)c(O)c1. The predicted octanol–water partition coefficient (Wildman–Crippen LogP) is 1.75. The summed E-state index contributed by atoms with van der Waals surface area (Å²) >= 11 is 0. The lowest BCUT2D eigenvalue weighted by atomic mass is 9.91. The molecule has 584 valence electrons. The summed E-state index contributed by atoms with van der Waals surface area (Å²) in [4.78, 5) is 116. The van der Waals surface area contributed by atoms with E-state index >= 15 is 4.79 Å². The highest BCUT2D eigenvalue weighted by atomic mass is 16.7. The van der Waals surface area contributed by atoms with Crippen LogP contribution in [0.3, 0.4) is 0 Å². The number of aliphatic hydroxyl groups is 2. The molecule has 0 saturated carbocycles. The maximum atomic E-state index is 15.2. The molecule has 5 aliphatic heterocycles. The highest BCUT2D eigenvalue weighted by Crippen LogP contribution is 2.59. The number of rotatable bonds is 7. The van der Waals surface area contributed by atoms with E-state index in [0.29, 0.717) is 36.4 Å². The number of carbonyl (C=O) groups is 8. The van der Waals surface area contributed by atoms with E-state index in [4.69, 9.17) is 52.1 Å². The molecule has 8 aromatic carbocycles. The Hall–Kier alpha value is -15.4. The maximum absolute atomic E-state index is 15.2. The molecule has 0 aromatic heterocycles. The van der Waals surface area contributed by atoms with E-state index in [1.165, 1.54) is 0 Å². The van der Waals surface area contributed by atoms with Crippen molar-refractivity contribution in [2.24, 2.45) is 0 Å². The second kappa shape index (κ2) is 27.1. The summed E-state index contributed by atoms with van der Waals surface area (Å²) in [5, 5.41) is 275.